The predicted octanol–water partition coefficient (Wildman–Crippen LogP) is 3.26. The minimum atomic E-state index is 0.564. The highest BCUT2D eigenvalue weighted by Gasteiger charge is 2.36. The Morgan fingerprint density at radius 1 is 0.711 bits per heavy atom. The highest BCUT2D eigenvalue weighted by Crippen LogP contribution is 2.26. The van der Waals surface area contributed by atoms with Gasteiger partial charge in [0.1, 0.15) is 0 Å². The fraction of sp³-hybridized carbons (Fsp3) is 0.767. The van der Waals surface area contributed by atoms with E-state index in [0.717, 1.165) is 72.1 Å². The van der Waals surface area contributed by atoms with Crippen LogP contribution in [0.5, 0.6) is 0 Å². The molecule has 8 heterocycles. The first-order valence-corrected chi connectivity index (χ1v) is 14.4. The van der Waals surface area contributed by atoms with Crippen molar-refractivity contribution in [3.63, 3.8) is 0 Å². The number of ether oxygens (including phenoxy) is 4. The van der Waals surface area contributed by atoms with E-state index in [1.54, 1.807) is 12.4 Å². The predicted molar refractivity (Wildman–Crippen MR) is 153 cm³/mol. The summed E-state index contributed by atoms with van der Waals surface area (Å²) in [5, 5.41) is 0. The summed E-state index contributed by atoms with van der Waals surface area (Å²) in [5.74, 6) is 0. The molecule has 0 spiro atoms. The highest BCUT2D eigenvalue weighted by atomic mass is 16.5. The van der Waals surface area contributed by atoms with Crippen LogP contribution in [0.4, 0.5) is 0 Å². The lowest BCUT2D eigenvalue weighted by molar-refractivity contribution is -0.175. The molecule has 4 bridgehead atoms. The third-order valence-corrected chi connectivity index (χ3v) is 7.44. The maximum absolute atomic E-state index is 5.63. The van der Waals surface area contributed by atoms with Crippen LogP contribution in [0.3, 0.4) is 0 Å². The molecule has 8 heteroatoms. The lowest BCUT2D eigenvalue weighted by atomic mass is 10.00. The van der Waals surface area contributed by atoms with E-state index in [2.05, 4.69) is 53.8 Å². The molecule has 0 N–H and O–H groups in total. The zero-order valence-corrected chi connectivity index (χ0v) is 24.5. The number of rotatable bonds is 0. The molecular weight excluding hydrogens is 480 g/mol. The van der Waals surface area contributed by atoms with Gasteiger partial charge in [0.05, 0.1) is 50.8 Å². The third-order valence-electron chi connectivity index (χ3n) is 7.44. The number of likely N-dealkylation sites (tertiary alicyclic amines) is 1. The average Bonchev–Trinajstić information content (AvgIpc) is 3.24. The number of likely N-dealkylation sites (N-methyl/N-ethyl adjacent to an activating group) is 3. The molecule has 8 nitrogen and oxygen atoms in total. The van der Waals surface area contributed by atoms with Gasteiger partial charge in [-0.05, 0) is 71.9 Å². The van der Waals surface area contributed by atoms with E-state index in [4.69, 9.17) is 18.9 Å². The van der Waals surface area contributed by atoms with Crippen LogP contribution in [-0.4, -0.2) is 131 Å². The van der Waals surface area contributed by atoms with Gasteiger partial charge in [-0.1, -0.05) is 11.6 Å². The molecule has 0 radical (unpaired) electrons. The summed E-state index contributed by atoms with van der Waals surface area (Å²) in [4.78, 5) is 10.8. The van der Waals surface area contributed by atoms with Crippen molar-refractivity contribution in [1.29, 1.82) is 0 Å². The van der Waals surface area contributed by atoms with Gasteiger partial charge in [-0.25, -0.2) is 0 Å². The quantitative estimate of drug-likeness (QED) is 0.472. The number of fused-ring (bicyclic) bond motifs is 4. The summed E-state index contributed by atoms with van der Waals surface area (Å²) in [5.41, 5.74) is 2.72. The molecular formula is C30H52N4O4. The molecule has 1 aromatic rings. The molecule has 7 aliphatic heterocycles. The fourth-order valence-corrected chi connectivity index (χ4v) is 5.08. The van der Waals surface area contributed by atoms with Gasteiger partial charge in [0.25, 0.3) is 0 Å². The third kappa shape index (κ3) is 12.6. The number of morpholine rings is 3. The van der Waals surface area contributed by atoms with Crippen molar-refractivity contribution in [2.24, 2.45) is 0 Å². The molecule has 0 aliphatic carbocycles. The van der Waals surface area contributed by atoms with Crippen molar-refractivity contribution >= 4 is 0 Å². The van der Waals surface area contributed by atoms with Gasteiger partial charge in [0.2, 0.25) is 0 Å². The Kier molecular flexibility index (Phi) is 14.2. The van der Waals surface area contributed by atoms with E-state index in [0.29, 0.717) is 24.4 Å². The lowest BCUT2D eigenvalue weighted by Gasteiger charge is -2.45. The highest BCUT2D eigenvalue weighted by molar-refractivity contribution is 5.05. The molecule has 0 saturated carbocycles. The Morgan fingerprint density at radius 2 is 1.24 bits per heavy atom. The Balaban J connectivity index is 0.000000132. The molecule has 1 aromatic heterocycles. The maximum atomic E-state index is 5.63. The summed E-state index contributed by atoms with van der Waals surface area (Å²) >= 11 is 0. The van der Waals surface area contributed by atoms with Crippen LogP contribution in [0, 0.1) is 6.92 Å². The SMILES string of the molecule is CC1=CCOCC1.CN1CC2CC(C1)O2.CN1CC2CCC(C1)O2.CN1CCOCC1.Cc1ccncc1. The minimum absolute atomic E-state index is 0.564. The lowest BCUT2D eigenvalue weighted by Crippen LogP contribution is -2.55. The largest absolute Gasteiger partial charge is 0.379 e. The van der Waals surface area contributed by atoms with E-state index in [9.17, 15) is 0 Å². The molecule has 216 valence electrons. The number of aromatic nitrogens is 1. The summed E-state index contributed by atoms with van der Waals surface area (Å²) in [6, 6.07) is 3.94. The zero-order valence-electron chi connectivity index (χ0n) is 24.5. The summed E-state index contributed by atoms with van der Waals surface area (Å²) in [7, 11) is 6.44. The topological polar surface area (TPSA) is 59.5 Å². The van der Waals surface area contributed by atoms with Crippen LogP contribution >= 0.6 is 0 Å². The fourth-order valence-electron chi connectivity index (χ4n) is 5.08. The van der Waals surface area contributed by atoms with Gasteiger partial charge in [-0.15, -0.1) is 0 Å². The van der Waals surface area contributed by atoms with Gasteiger partial charge in [-0.3, -0.25) is 4.98 Å². The Bertz CT molecular complexity index is 762. The van der Waals surface area contributed by atoms with Gasteiger partial charge in [-0.2, -0.15) is 0 Å². The smallest absolute Gasteiger partial charge is 0.0731 e. The van der Waals surface area contributed by atoms with Gasteiger partial charge in [0, 0.05) is 58.1 Å². The van der Waals surface area contributed by atoms with E-state index in [-0.39, 0.29) is 0 Å². The van der Waals surface area contributed by atoms with E-state index >= 15 is 0 Å². The van der Waals surface area contributed by atoms with Crippen LogP contribution in [0.15, 0.2) is 36.2 Å². The second-order valence-corrected chi connectivity index (χ2v) is 11.3. The number of piperidine rings is 1. The molecule has 8 rings (SSSR count). The first kappa shape index (κ1) is 31.1. The first-order chi connectivity index (χ1) is 18.4. The van der Waals surface area contributed by atoms with Gasteiger partial charge in [0.15, 0.2) is 0 Å². The molecule has 0 amide bonds. The van der Waals surface area contributed by atoms with E-state index in [1.807, 2.05) is 19.1 Å². The number of aryl methyl sites for hydroxylation is 1. The molecule has 6 saturated heterocycles. The molecule has 7 aliphatic rings. The number of hydrogen-bond donors (Lipinski definition) is 0. The molecule has 6 fully saturated rings. The summed E-state index contributed by atoms with van der Waals surface area (Å²) in [6.07, 6.45) is 13.0. The van der Waals surface area contributed by atoms with E-state index < -0.39 is 0 Å². The first-order valence-electron chi connectivity index (χ1n) is 14.4. The number of nitrogens with zero attached hydrogens (tertiary/aromatic N) is 4. The normalized spacial score (nSPS) is 30.3. The van der Waals surface area contributed by atoms with Crippen molar-refractivity contribution in [2.45, 2.75) is 63.9 Å². The van der Waals surface area contributed by atoms with Crippen molar-refractivity contribution in [3.05, 3.63) is 41.7 Å². The maximum Gasteiger partial charge on any atom is 0.0731 e. The Morgan fingerprint density at radius 3 is 1.58 bits per heavy atom. The average molecular weight is 533 g/mol. The number of pyridine rings is 1. The Labute approximate surface area is 231 Å². The summed E-state index contributed by atoms with van der Waals surface area (Å²) in [6.45, 7) is 14.5. The van der Waals surface area contributed by atoms with Crippen LogP contribution in [-0.2, 0) is 18.9 Å². The van der Waals surface area contributed by atoms with Crippen molar-refractivity contribution in [1.82, 2.24) is 19.7 Å². The molecule has 38 heavy (non-hydrogen) atoms. The second kappa shape index (κ2) is 17.3. The molecule has 4 atom stereocenters. The van der Waals surface area contributed by atoms with E-state index in [1.165, 1.54) is 30.4 Å². The standard InChI is InChI=1S/C7H13NO.C6H11NO.C6H7N.C6H10O.C5H11NO/c1-8-4-6-2-3-7(5-8)9-6;1-7-3-5-2-6(4-7)8-5;3*1-6-2-4-7-5-3-6/h6-7H,2-5H2,1H3;5-6H,2-4H2,1H3;2-5H,1H3;2H,3-5H2,1H3;2-5H2,1H3. The minimum Gasteiger partial charge on any atom is -0.379 e. The van der Waals surface area contributed by atoms with Crippen LogP contribution in [0.25, 0.3) is 0 Å². The van der Waals surface area contributed by atoms with Crippen LogP contribution < -0.4 is 0 Å². The van der Waals surface area contributed by atoms with Crippen molar-refractivity contribution < 1.29 is 18.9 Å². The van der Waals surface area contributed by atoms with Crippen LogP contribution in [0.2, 0.25) is 0 Å². The van der Waals surface area contributed by atoms with Gasteiger partial charge < -0.3 is 33.6 Å². The molecule has 0 aromatic carbocycles. The van der Waals surface area contributed by atoms with Gasteiger partial charge >= 0.3 is 0 Å². The molecule has 4 unspecified atom stereocenters. The number of hydrogen-bond acceptors (Lipinski definition) is 8. The monoisotopic (exact) mass is 532 g/mol. The Hall–Kier alpha value is -1.39. The van der Waals surface area contributed by atoms with Crippen molar-refractivity contribution in [3.8, 4) is 0 Å². The summed E-state index contributed by atoms with van der Waals surface area (Å²) < 4.78 is 21.2. The van der Waals surface area contributed by atoms with Crippen molar-refractivity contribution in [2.75, 3.05) is 86.8 Å². The van der Waals surface area contributed by atoms with Crippen LogP contribution in [0.1, 0.15) is 38.2 Å². The second-order valence-electron chi connectivity index (χ2n) is 11.3. The zero-order chi connectivity index (χ0) is 27.2.